The molecule has 7 aliphatic rings. The van der Waals surface area contributed by atoms with Crippen LogP contribution in [0, 0.1) is 29.6 Å². The molecular weight excluding hydrogens is 607 g/mol. The van der Waals surface area contributed by atoms with Gasteiger partial charge in [-0.15, -0.1) is 0 Å². The predicted molar refractivity (Wildman–Crippen MR) is 157 cm³/mol. The number of alkyl halides is 3. The van der Waals surface area contributed by atoms with Gasteiger partial charge in [0, 0.05) is 23.6 Å². The maximum atomic E-state index is 15.0. The Hall–Kier alpha value is -3.42. The largest absolute Gasteiger partial charge is 0.508 e. The molecule has 7 N–H and O–H groups in total. The zero-order valence-electron chi connectivity index (χ0n) is 25.6. The Morgan fingerprint density at radius 3 is 2.15 bits per heavy atom. The van der Waals surface area contributed by atoms with E-state index in [0.29, 0.717) is 17.8 Å². The average Bonchev–Trinajstić information content (AvgIpc) is 2.92. The summed E-state index contributed by atoms with van der Waals surface area (Å²) in [6, 6.07) is -0.357. The minimum atomic E-state index is -4.88. The molecule has 46 heavy (non-hydrogen) atoms. The summed E-state index contributed by atoms with van der Waals surface area (Å²) in [5.74, 6) is -7.22. The third-order valence-electron chi connectivity index (χ3n) is 11.8. The van der Waals surface area contributed by atoms with E-state index < -0.39 is 93.1 Å². The number of nitrogens with one attached hydrogen (secondary N) is 1. The van der Waals surface area contributed by atoms with Crippen LogP contribution in [0.4, 0.5) is 13.2 Å². The lowest BCUT2D eigenvalue weighted by Crippen LogP contribution is -2.65. The number of likely N-dealkylation sites (N-methyl/N-ethyl adjacent to an activating group) is 1. The average molecular weight is 646 g/mol. The number of nitrogens with zero attached hydrogens (tertiary/aromatic N) is 1. The minimum absolute atomic E-state index is 0.142. The first-order valence-corrected chi connectivity index (χ1v) is 15.8. The van der Waals surface area contributed by atoms with E-state index >= 15 is 0 Å². The molecule has 4 atom stereocenters. The number of phenolic OH excluding ortho intramolecular Hbond substituents is 1. The van der Waals surface area contributed by atoms with Crippen molar-refractivity contribution in [3.05, 3.63) is 45.2 Å². The zero-order valence-corrected chi connectivity index (χ0v) is 25.6. The van der Waals surface area contributed by atoms with Crippen molar-refractivity contribution in [3.8, 4) is 5.75 Å². The second kappa shape index (κ2) is 10.0. The van der Waals surface area contributed by atoms with E-state index in [9.17, 15) is 48.0 Å². The molecule has 10 nitrogen and oxygen atoms in total. The van der Waals surface area contributed by atoms with E-state index in [1.54, 1.807) is 0 Å². The lowest BCUT2D eigenvalue weighted by molar-refractivity contribution is -0.153. The number of hydrogen-bond donors (Lipinski definition) is 6. The highest BCUT2D eigenvalue weighted by Crippen LogP contribution is 2.57. The summed E-state index contributed by atoms with van der Waals surface area (Å²) in [7, 11) is 2.91. The van der Waals surface area contributed by atoms with Gasteiger partial charge in [0.1, 0.15) is 22.8 Å². The Morgan fingerprint density at radius 2 is 1.63 bits per heavy atom. The number of carbonyl (C=O) groups is 3. The number of nitrogens with two attached hydrogens (primary N) is 1. The quantitative estimate of drug-likeness (QED) is 0.263. The van der Waals surface area contributed by atoms with Crippen molar-refractivity contribution < 1.29 is 48.0 Å². The molecule has 5 saturated carbocycles. The molecule has 0 heterocycles. The van der Waals surface area contributed by atoms with Gasteiger partial charge in [-0.3, -0.25) is 19.3 Å². The van der Waals surface area contributed by atoms with E-state index in [0.717, 1.165) is 44.6 Å². The lowest BCUT2D eigenvalue weighted by atomic mass is 9.53. The van der Waals surface area contributed by atoms with Crippen molar-refractivity contribution >= 4 is 23.2 Å². The molecule has 0 aliphatic heterocycles. The first-order chi connectivity index (χ1) is 21.5. The van der Waals surface area contributed by atoms with Crippen LogP contribution < -0.4 is 11.1 Å². The van der Waals surface area contributed by atoms with Gasteiger partial charge in [-0.1, -0.05) is 0 Å². The number of aliphatic hydroxyl groups excluding tert-OH is 2. The maximum absolute atomic E-state index is 15.0. The number of Topliss-reactive ketones (excluding diaryl/α,β-unsaturated/α-hetero) is 2. The lowest BCUT2D eigenvalue weighted by Gasteiger charge is -2.57. The van der Waals surface area contributed by atoms with Crippen molar-refractivity contribution in [2.24, 2.45) is 35.3 Å². The Bertz CT molecular complexity index is 1610. The number of aliphatic hydroxyl groups is 3. The smallest absolute Gasteiger partial charge is 0.417 e. The Morgan fingerprint density at radius 1 is 1.04 bits per heavy atom. The van der Waals surface area contributed by atoms with Gasteiger partial charge in [0.15, 0.2) is 11.4 Å². The predicted octanol–water partition coefficient (Wildman–Crippen LogP) is 3.04. The number of aromatic hydroxyl groups is 1. The van der Waals surface area contributed by atoms with Gasteiger partial charge in [0.2, 0.25) is 5.78 Å². The molecule has 0 radical (unpaired) electrons. The molecule has 0 spiro atoms. The first-order valence-electron chi connectivity index (χ1n) is 15.8. The molecule has 13 heteroatoms. The normalized spacial score (nSPS) is 36.7. The number of fused-ring (bicyclic) bond motifs is 3. The third kappa shape index (κ3) is 4.30. The van der Waals surface area contributed by atoms with Gasteiger partial charge in [-0.05, 0) is 106 Å². The minimum Gasteiger partial charge on any atom is -0.508 e. The van der Waals surface area contributed by atoms with Crippen LogP contribution in [0.5, 0.6) is 5.75 Å². The number of benzene rings is 1. The maximum Gasteiger partial charge on any atom is 0.417 e. The highest BCUT2D eigenvalue weighted by Gasteiger charge is 2.64. The van der Waals surface area contributed by atoms with Crippen LogP contribution >= 0.6 is 0 Å². The molecule has 1 aromatic rings. The summed E-state index contributed by atoms with van der Waals surface area (Å²) in [6.07, 6.45) is 0.609. The van der Waals surface area contributed by atoms with Crippen LogP contribution in [0.3, 0.4) is 0 Å². The fourth-order valence-electron chi connectivity index (χ4n) is 10.5. The molecule has 5 fully saturated rings. The molecule has 248 valence electrons. The summed E-state index contributed by atoms with van der Waals surface area (Å²) in [4.78, 5) is 40.8. The topological polar surface area (TPSA) is 173 Å². The van der Waals surface area contributed by atoms with Crippen LogP contribution in [0.2, 0.25) is 0 Å². The SMILES string of the molecule is CN(C)[C@@H]1C(=O)C(C(N)=O)=C(O)[C@@]2(O)C(=O)C3=C(O)c4c(O)cc(CNC56CC7CC(CC(C7)C5)C6)c(C(F)(F)F)c4C[C@H]3C[C@@H]12. The number of rotatable bonds is 5. The summed E-state index contributed by atoms with van der Waals surface area (Å²) in [5.41, 5.74) is -1.35. The summed E-state index contributed by atoms with van der Waals surface area (Å²) < 4.78 is 44.9. The summed E-state index contributed by atoms with van der Waals surface area (Å²) in [5, 5.41) is 48.7. The van der Waals surface area contributed by atoms with Crippen molar-refractivity contribution in [3.63, 3.8) is 0 Å². The molecule has 1 amide bonds. The number of halogens is 3. The van der Waals surface area contributed by atoms with Gasteiger partial charge in [0.05, 0.1) is 17.2 Å². The molecule has 0 saturated heterocycles. The number of ketones is 2. The van der Waals surface area contributed by atoms with E-state index in [4.69, 9.17) is 5.73 Å². The Labute approximate surface area is 263 Å². The molecule has 1 aromatic carbocycles. The molecule has 8 rings (SSSR count). The van der Waals surface area contributed by atoms with Crippen LogP contribution in [-0.4, -0.2) is 74.1 Å². The highest BCUT2D eigenvalue weighted by molar-refractivity contribution is 6.24. The van der Waals surface area contributed by atoms with Gasteiger partial charge < -0.3 is 31.5 Å². The Balaban J connectivity index is 1.32. The van der Waals surface area contributed by atoms with Crippen molar-refractivity contribution in [1.29, 1.82) is 0 Å². The number of phenols is 1. The van der Waals surface area contributed by atoms with Crippen LogP contribution in [0.15, 0.2) is 23.0 Å². The van der Waals surface area contributed by atoms with Gasteiger partial charge >= 0.3 is 6.18 Å². The second-order valence-electron chi connectivity index (χ2n) is 14.8. The number of hydrogen-bond acceptors (Lipinski definition) is 9. The van der Waals surface area contributed by atoms with E-state index in [1.165, 1.54) is 19.0 Å². The monoisotopic (exact) mass is 645 g/mol. The number of amides is 1. The van der Waals surface area contributed by atoms with Crippen molar-refractivity contribution in [2.45, 2.75) is 81.3 Å². The van der Waals surface area contributed by atoms with E-state index in [2.05, 4.69) is 5.32 Å². The van der Waals surface area contributed by atoms with E-state index in [-0.39, 0.29) is 29.6 Å². The molecular formula is C33H38F3N3O7. The highest BCUT2D eigenvalue weighted by atomic mass is 19.4. The van der Waals surface area contributed by atoms with Crippen LogP contribution in [0.25, 0.3) is 5.76 Å². The zero-order chi connectivity index (χ0) is 33.2. The van der Waals surface area contributed by atoms with Gasteiger partial charge in [0.25, 0.3) is 5.91 Å². The van der Waals surface area contributed by atoms with Crippen molar-refractivity contribution in [1.82, 2.24) is 10.2 Å². The number of primary amides is 1. The van der Waals surface area contributed by atoms with E-state index in [1.807, 2.05) is 0 Å². The van der Waals surface area contributed by atoms with Gasteiger partial charge in [-0.2, -0.15) is 13.2 Å². The fraction of sp³-hybridized carbons (Fsp3) is 0.606. The number of carbonyl (C=O) groups excluding carboxylic acids is 3. The van der Waals surface area contributed by atoms with Gasteiger partial charge in [-0.25, -0.2) is 0 Å². The third-order valence-corrected chi connectivity index (χ3v) is 11.8. The first kappa shape index (κ1) is 31.2. The molecule has 0 unspecified atom stereocenters. The van der Waals surface area contributed by atoms with Crippen LogP contribution in [0.1, 0.15) is 67.2 Å². The van der Waals surface area contributed by atoms with Crippen molar-refractivity contribution in [2.75, 3.05) is 14.1 Å². The molecule has 4 bridgehead atoms. The molecule has 7 aliphatic carbocycles. The summed E-state index contributed by atoms with van der Waals surface area (Å²) in [6.45, 7) is -0.142. The Kier molecular flexibility index (Phi) is 6.81. The second-order valence-corrected chi connectivity index (χ2v) is 14.8. The van der Waals surface area contributed by atoms with Crippen LogP contribution in [-0.2, 0) is 33.5 Å². The summed E-state index contributed by atoms with van der Waals surface area (Å²) >= 11 is 0. The molecule has 0 aromatic heterocycles. The fourth-order valence-corrected chi connectivity index (χ4v) is 10.5. The standard InChI is InChI=1S/C33H38F3N3O7/c1-39(2)25-19-7-16-6-18-22(26(41)21(16)28(43)32(19,46)29(44)23(27(25)42)30(37)45)20(40)8-17(24(18)33(34,35)36)12-38-31-9-13-3-14(10-31)5-15(4-13)11-31/h8,13-16,19,25,38,40-41,44,46H,3-7,9-12H2,1-2H3,(H2,37,45)/t13?,14?,15?,16-,19-,25-,31?,32-/m0/s1.